The average Bonchev–Trinajstić information content (AvgIpc) is 3.26. The zero-order chi connectivity index (χ0) is 25.7. The summed E-state index contributed by atoms with van der Waals surface area (Å²) in [5, 5.41) is 5.86. The summed E-state index contributed by atoms with van der Waals surface area (Å²) in [5.41, 5.74) is 11.7. The van der Waals surface area contributed by atoms with Gasteiger partial charge in [-0.25, -0.2) is 0 Å². The number of nitrogens with zero attached hydrogens (tertiary/aromatic N) is 2. The molecule has 2 N–H and O–H groups in total. The third-order valence-electron chi connectivity index (χ3n) is 6.06. The van der Waals surface area contributed by atoms with E-state index >= 15 is 0 Å². The summed E-state index contributed by atoms with van der Waals surface area (Å²) in [5.74, 6) is 0.940. The lowest BCUT2D eigenvalue weighted by molar-refractivity contribution is -0.142. The van der Waals surface area contributed by atoms with Crippen LogP contribution in [0.1, 0.15) is 43.6 Å². The van der Waals surface area contributed by atoms with Gasteiger partial charge >= 0.3 is 5.97 Å². The fourth-order valence-electron chi connectivity index (χ4n) is 4.24. The third-order valence-corrected chi connectivity index (χ3v) is 6.06. The number of carbonyl (C=O) groups is 1. The topological polar surface area (TPSA) is 88.6 Å². The molecule has 1 heterocycles. The molecule has 0 spiro atoms. The Labute approximate surface area is 211 Å². The summed E-state index contributed by atoms with van der Waals surface area (Å²) >= 11 is 0. The van der Waals surface area contributed by atoms with E-state index < -0.39 is 0 Å². The van der Waals surface area contributed by atoms with Gasteiger partial charge in [-0.05, 0) is 61.7 Å². The van der Waals surface area contributed by atoms with Crippen LogP contribution in [0.3, 0.4) is 0 Å². The Morgan fingerprint density at radius 3 is 2.58 bits per heavy atom. The first-order valence-corrected chi connectivity index (χ1v) is 12.2. The van der Waals surface area contributed by atoms with E-state index in [9.17, 15) is 4.79 Å². The molecule has 0 aliphatic heterocycles. The predicted molar refractivity (Wildman–Crippen MR) is 141 cm³/mol. The van der Waals surface area contributed by atoms with E-state index in [1.165, 1.54) is 0 Å². The molecule has 36 heavy (non-hydrogen) atoms. The van der Waals surface area contributed by atoms with Crippen LogP contribution >= 0.6 is 0 Å². The summed E-state index contributed by atoms with van der Waals surface area (Å²) in [6.45, 7) is 7.10. The first-order valence-electron chi connectivity index (χ1n) is 12.2. The molecule has 0 unspecified atom stereocenters. The van der Waals surface area contributed by atoms with Crippen molar-refractivity contribution >= 4 is 16.9 Å². The van der Waals surface area contributed by atoms with E-state index in [-0.39, 0.29) is 25.0 Å². The summed E-state index contributed by atoms with van der Waals surface area (Å²) in [6.07, 6.45) is 0.124. The zero-order valence-corrected chi connectivity index (χ0v) is 21.3. The van der Waals surface area contributed by atoms with Crippen molar-refractivity contribution in [2.75, 3.05) is 13.7 Å². The smallest absolute Gasteiger partial charge is 0.310 e. The third kappa shape index (κ3) is 5.52. The standard InChI is InChI=1S/C29H33N3O4/c1-5-35-29(33)15-23-9-11-24(34-4)16-28(23)36-18-27-25-14-22(21-8-6-7-20(13-21)17-30)10-12-26(25)31-32(27)19(2)3/h6-14,16,19H,5,15,17-18,30H2,1-4H3. The first-order chi connectivity index (χ1) is 17.4. The SMILES string of the molecule is CCOC(=O)Cc1ccc(OC)cc1OCc1c2cc(-c3cccc(CN)c3)ccc2nn1C(C)C. The number of benzene rings is 3. The Morgan fingerprint density at radius 1 is 1.06 bits per heavy atom. The van der Waals surface area contributed by atoms with Crippen molar-refractivity contribution < 1.29 is 19.0 Å². The molecule has 0 fully saturated rings. The van der Waals surface area contributed by atoms with Crippen LogP contribution in [-0.2, 0) is 29.1 Å². The van der Waals surface area contributed by atoms with Crippen molar-refractivity contribution in [3.63, 3.8) is 0 Å². The number of nitrogens with two attached hydrogens (primary N) is 1. The molecule has 0 radical (unpaired) electrons. The molecular weight excluding hydrogens is 454 g/mol. The van der Waals surface area contributed by atoms with Crippen LogP contribution in [0.25, 0.3) is 22.0 Å². The van der Waals surface area contributed by atoms with Gasteiger partial charge in [-0.2, -0.15) is 5.10 Å². The molecule has 7 nitrogen and oxygen atoms in total. The van der Waals surface area contributed by atoms with Crippen LogP contribution in [0.2, 0.25) is 0 Å². The van der Waals surface area contributed by atoms with E-state index in [0.29, 0.717) is 24.7 Å². The van der Waals surface area contributed by atoms with Gasteiger partial charge in [0.15, 0.2) is 0 Å². The summed E-state index contributed by atoms with van der Waals surface area (Å²) < 4.78 is 18.8. The number of ether oxygens (including phenoxy) is 3. The maximum Gasteiger partial charge on any atom is 0.310 e. The van der Waals surface area contributed by atoms with Crippen LogP contribution in [0, 0.1) is 0 Å². The Morgan fingerprint density at radius 2 is 1.86 bits per heavy atom. The van der Waals surface area contributed by atoms with Crippen molar-refractivity contribution in [2.45, 2.75) is 46.4 Å². The van der Waals surface area contributed by atoms with Crippen molar-refractivity contribution in [1.29, 1.82) is 0 Å². The molecule has 4 aromatic rings. The second-order valence-corrected chi connectivity index (χ2v) is 8.87. The maximum atomic E-state index is 12.2. The van der Waals surface area contributed by atoms with E-state index in [4.69, 9.17) is 25.0 Å². The highest BCUT2D eigenvalue weighted by molar-refractivity contribution is 5.87. The normalized spacial score (nSPS) is 11.2. The second kappa shape index (κ2) is 11.3. The molecule has 3 aromatic carbocycles. The number of esters is 1. The van der Waals surface area contributed by atoms with Crippen molar-refractivity contribution in [2.24, 2.45) is 5.73 Å². The fourth-order valence-corrected chi connectivity index (χ4v) is 4.24. The van der Waals surface area contributed by atoms with Crippen LogP contribution in [0.5, 0.6) is 11.5 Å². The highest BCUT2D eigenvalue weighted by Gasteiger charge is 2.17. The Bertz CT molecular complexity index is 1360. The van der Waals surface area contributed by atoms with Gasteiger partial charge in [0.25, 0.3) is 0 Å². The molecule has 1 aromatic heterocycles. The quantitative estimate of drug-likeness (QED) is 0.300. The number of hydrogen-bond acceptors (Lipinski definition) is 6. The van der Waals surface area contributed by atoms with Gasteiger partial charge in [0.1, 0.15) is 18.1 Å². The lowest BCUT2D eigenvalue weighted by Crippen LogP contribution is -2.12. The maximum absolute atomic E-state index is 12.2. The molecule has 4 rings (SSSR count). The lowest BCUT2D eigenvalue weighted by Gasteiger charge is -2.15. The van der Waals surface area contributed by atoms with E-state index in [1.807, 2.05) is 35.0 Å². The van der Waals surface area contributed by atoms with Gasteiger partial charge in [-0.15, -0.1) is 0 Å². The zero-order valence-electron chi connectivity index (χ0n) is 21.3. The van der Waals surface area contributed by atoms with Gasteiger partial charge in [0, 0.05) is 29.6 Å². The lowest BCUT2D eigenvalue weighted by atomic mass is 10.0. The predicted octanol–water partition coefficient (Wildman–Crippen LogP) is 5.44. The van der Waals surface area contributed by atoms with Crippen molar-refractivity contribution in [3.8, 4) is 22.6 Å². The van der Waals surface area contributed by atoms with Gasteiger partial charge in [-0.1, -0.05) is 30.3 Å². The summed E-state index contributed by atoms with van der Waals surface area (Å²) in [4.78, 5) is 12.2. The number of methoxy groups -OCH3 is 1. The monoisotopic (exact) mass is 487 g/mol. The first kappa shape index (κ1) is 25.3. The molecule has 0 aliphatic carbocycles. The van der Waals surface area contributed by atoms with Crippen LogP contribution < -0.4 is 15.2 Å². The van der Waals surface area contributed by atoms with Crippen LogP contribution in [0.15, 0.2) is 60.7 Å². The minimum atomic E-state index is -0.297. The number of carbonyl (C=O) groups excluding carboxylic acids is 1. The van der Waals surface area contributed by atoms with Crippen molar-refractivity contribution in [3.05, 3.63) is 77.5 Å². The molecule has 0 saturated carbocycles. The largest absolute Gasteiger partial charge is 0.497 e. The fraction of sp³-hybridized carbons (Fsp3) is 0.310. The van der Waals surface area contributed by atoms with Gasteiger partial charge in [0.05, 0.1) is 31.3 Å². The summed E-state index contributed by atoms with van der Waals surface area (Å²) in [6, 6.07) is 20.1. The minimum absolute atomic E-state index is 0.124. The Hall–Kier alpha value is -3.84. The van der Waals surface area contributed by atoms with E-state index in [2.05, 4.69) is 38.1 Å². The molecule has 0 saturated heterocycles. The highest BCUT2D eigenvalue weighted by Crippen LogP contribution is 2.31. The number of fused-ring (bicyclic) bond motifs is 1. The van der Waals surface area contributed by atoms with Crippen LogP contribution in [0.4, 0.5) is 0 Å². The van der Waals surface area contributed by atoms with Gasteiger partial charge in [-0.3, -0.25) is 9.48 Å². The number of rotatable bonds is 10. The van der Waals surface area contributed by atoms with Crippen molar-refractivity contribution in [1.82, 2.24) is 9.78 Å². The Kier molecular flexibility index (Phi) is 7.90. The molecule has 0 amide bonds. The minimum Gasteiger partial charge on any atom is -0.497 e. The van der Waals surface area contributed by atoms with Gasteiger partial charge in [0.2, 0.25) is 0 Å². The highest BCUT2D eigenvalue weighted by atomic mass is 16.5. The van der Waals surface area contributed by atoms with E-state index in [1.54, 1.807) is 20.1 Å². The molecule has 0 atom stereocenters. The number of aromatic nitrogens is 2. The molecule has 188 valence electrons. The molecule has 7 heteroatoms. The molecule has 0 bridgehead atoms. The Balaban J connectivity index is 1.71. The number of hydrogen-bond donors (Lipinski definition) is 1. The second-order valence-electron chi connectivity index (χ2n) is 8.87. The van der Waals surface area contributed by atoms with Crippen LogP contribution in [-0.4, -0.2) is 29.5 Å². The average molecular weight is 488 g/mol. The van der Waals surface area contributed by atoms with E-state index in [0.717, 1.165) is 38.9 Å². The molecule has 0 aliphatic rings. The molecular formula is C29H33N3O4. The summed E-state index contributed by atoms with van der Waals surface area (Å²) in [7, 11) is 1.60. The van der Waals surface area contributed by atoms with Gasteiger partial charge < -0.3 is 19.9 Å².